The highest BCUT2D eigenvalue weighted by Crippen LogP contribution is 2.12. The summed E-state index contributed by atoms with van der Waals surface area (Å²) in [4.78, 5) is 0. The molecule has 1 atom stereocenters. The third-order valence-electron chi connectivity index (χ3n) is 2.62. The summed E-state index contributed by atoms with van der Waals surface area (Å²) in [7, 11) is 0. The van der Waals surface area contributed by atoms with Crippen LogP contribution in [0.4, 0.5) is 5.69 Å². The molecule has 17 heavy (non-hydrogen) atoms. The van der Waals surface area contributed by atoms with E-state index in [1.807, 2.05) is 24.3 Å². The highest BCUT2D eigenvalue weighted by Gasteiger charge is 2.15. The molecule has 0 bridgehead atoms. The lowest BCUT2D eigenvalue weighted by molar-refractivity contribution is 0.114. The molecule has 1 heterocycles. The van der Waals surface area contributed by atoms with E-state index in [0.29, 0.717) is 11.2 Å². The summed E-state index contributed by atoms with van der Waals surface area (Å²) >= 11 is 7.50. The van der Waals surface area contributed by atoms with Gasteiger partial charge in [-0.25, -0.2) is 0 Å². The molecule has 1 aliphatic rings. The van der Waals surface area contributed by atoms with Crippen molar-refractivity contribution in [2.45, 2.75) is 18.9 Å². The Bertz CT molecular complexity index is 377. The van der Waals surface area contributed by atoms with Crippen LogP contribution in [0.2, 0.25) is 0 Å². The van der Waals surface area contributed by atoms with Gasteiger partial charge in [-0.15, -0.1) is 0 Å². The minimum Gasteiger partial charge on any atom is -0.376 e. The maximum absolute atomic E-state index is 5.52. The third-order valence-corrected chi connectivity index (χ3v) is 3.58. The van der Waals surface area contributed by atoms with Gasteiger partial charge in [0.1, 0.15) is 0 Å². The Morgan fingerprint density at radius 2 is 2.18 bits per heavy atom. The van der Waals surface area contributed by atoms with E-state index in [4.69, 9.17) is 17.0 Å². The summed E-state index contributed by atoms with van der Waals surface area (Å²) < 4.78 is 6.73. The number of hydrogen-bond acceptors (Lipinski definition) is 2. The maximum Gasteiger partial charge on any atom is 0.170 e. The highest BCUT2D eigenvalue weighted by atomic mass is 127. The van der Waals surface area contributed by atoms with Gasteiger partial charge in [-0.1, -0.05) is 0 Å². The summed E-state index contributed by atoms with van der Waals surface area (Å²) in [6.07, 6.45) is 2.59. The predicted octanol–water partition coefficient (Wildman–Crippen LogP) is 2.76. The van der Waals surface area contributed by atoms with Crippen molar-refractivity contribution in [3.63, 3.8) is 0 Å². The van der Waals surface area contributed by atoms with E-state index < -0.39 is 0 Å². The molecule has 2 rings (SSSR count). The molecule has 0 aromatic heterocycles. The monoisotopic (exact) mass is 362 g/mol. The van der Waals surface area contributed by atoms with E-state index in [2.05, 4.69) is 33.2 Å². The first-order chi connectivity index (χ1) is 8.24. The minimum atomic E-state index is 0.312. The molecule has 1 aromatic carbocycles. The highest BCUT2D eigenvalue weighted by molar-refractivity contribution is 14.1. The zero-order valence-corrected chi connectivity index (χ0v) is 12.4. The summed E-state index contributed by atoms with van der Waals surface area (Å²) in [6.45, 7) is 1.67. The Morgan fingerprint density at radius 3 is 2.82 bits per heavy atom. The number of anilines is 1. The smallest absolute Gasteiger partial charge is 0.170 e. The molecular weight excluding hydrogens is 347 g/mol. The maximum atomic E-state index is 5.52. The molecule has 2 N–H and O–H groups in total. The van der Waals surface area contributed by atoms with Crippen LogP contribution in [0, 0.1) is 3.57 Å². The van der Waals surface area contributed by atoms with Crippen LogP contribution >= 0.6 is 34.8 Å². The van der Waals surface area contributed by atoms with Gasteiger partial charge in [0.15, 0.2) is 5.11 Å². The van der Waals surface area contributed by atoms with Crippen LogP contribution in [-0.2, 0) is 4.74 Å². The Morgan fingerprint density at radius 1 is 1.41 bits per heavy atom. The van der Waals surface area contributed by atoms with E-state index in [1.54, 1.807) is 0 Å². The largest absolute Gasteiger partial charge is 0.376 e. The van der Waals surface area contributed by atoms with Crippen molar-refractivity contribution in [3.05, 3.63) is 27.8 Å². The van der Waals surface area contributed by atoms with Gasteiger partial charge in [0, 0.05) is 22.4 Å². The molecule has 92 valence electrons. The molecule has 1 saturated heterocycles. The lowest BCUT2D eigenvalue weighted by atomic mass is 10.2. The fourth-order valence-corrected chi connectivity index (χ4v) is 2.28. The van der Waals surface area contributed by atoms with Crippen LogP contribution in [0.15, 0.2) is 24.3 Å². The van der Waals surface area contributed by atoms with Crippen LogP contribution in [0.1, 0.15) is 12.8 Å². The van der Waals surface area contributed by atoms with Gasteiger partial charge in [0.25, 0.3) is 0 Å². The summed E-state index contributed by atoms with van der Waals surface area (Å²) in [5.41, 5.74) is 1.01. The standard InChI is InChI=1S/C12H15IN2OS/c13-9-3-5-10(6-4-9)15-12(17)14-8-11-2-1-7-16-11/h3-6,11H,1-2,7-8H2,(H2,14,15,17)/t11-/m1/s1. The van der Waals surface area contributed by atoms with Crippen molar-refractivity contribution >= 4 is 45.6 Å². The average Bonchev–Trinajstić information content (AvgIpc) is 2.83. The molecule has 0 amide bonds. The second-order valence-electron chi connectivity index (χ2n) is 3.98. The van der Waals surface area contributed by atoms with E-state index in [1.165, 1.54) is 3.57 Å². The van der Waals surface area contributed by atoms with Crippen molar-refractivity contribution in [1.82, 2.24) is 5.32 Å². The zero-order valence-electron chi connectivity index (χ0n) is 9.41. The van der Waals surface area contributed by atoms with Gasteiger partial charge in [0.2, 0.25) is 0 Å². The lowest BCUT2D eigenvalue weighted by Gasteiger charge is -2.14. The molecule has 0 radical (unpaired) electrons. The number of nitrogens with one attached hydrogen (secondary N) is 2. The zero-order chi connectivity index (χ0) is 12.1. The molecule has 0 spiro atoms. The number of thiocarbonyl (C=S) groups is 1. The molecular formula is C12H15IN2OS. The van der Waals surface area contributed by atoms with Gasteiger partial charge < -0.3 is 15.4 Å². The third kappa shape index (κ3) is 4.40. The summed E-state index contributed by atoms with van der Waals surface area (Å²) in [5.74, 6) is 0. The average molecular weight is 362 g/mol. The Kier molecular flexibility index (Phi) is 4.99. The second-order valence-corrected chi connectivity index (χ2v) is 5.63. The number of halogens is 1. The van der Waals surface area contributed by atoms with E-state index in [-0.39, 0.29) is 0 Å². The number of hydrogen-bond donors (Lipinski definition) is 2. The number of ether oxygens (including phenoxy) is 1. The van der Waals surface area contributed by atoms with E-state index in [0.717, 1.165) is 31.7 Å². The van der Waals surface area contributed by atoms with E-state index >= 15 is 0 Å². The van der Waals surface area contributed by atoms with E-state index in [9.17, 15) is 0 Å². The first-order valence-electron chi connectivity index (χ1n) is 5.66. The molecule has 1 fully saturated rings. The lowest BCUT2D eigenvalue weighted by Crippen LogP contribution is -2.34. The van der Waals surface area contributed by atoms with Crippen molar-refractivity contribution in [2.24, 2.45) is 0 Å². The summed E-state index contributed by atoms with van der Waals surface area (Å²) in [5, 5.41) is 6.99. The van der Waals surface area contributed by atoms with Crippen molar-refractivity contribution < 1.29 is 4.74 Å². The first-order valence-corrected chi connectivity index (χ1v) is 7.15. The van der Waals surface area contributed by atoms with Crippen LogP contribution in [-0.4, -0.2) is 24.4 Å². The predicted molar refractivity (Wildman–Crippen MR) is 82.4 cm³/mol. The van der Waals surface area contributed by atoms with Gasteiger partial charge >= 0.3 is 0 Å². The normalized spacial score (nSPS) is 19.0. The molecule has 0 aliphatic carbocycles. The Labute approximate surface area is 120 Å². The molecule has 0 saturated carbocycles. The van der Waals surface area contributed by atoms with Crippen molar-refractivity contribution in [2.75, 3.05) is 18.5 Å². The number of rotatable bonds is 3. The molecule has 1 aromatic rings. The molecule has 5 heteroatoms. The fraction of sp³-hybridized carbons (Fsp3) is 0.417. The second kappa shape index (κ2) is 6.51. The van der Waals surface area contributed by atoms with Crippen LogP contribution in [0.3, 0.4) is 0 Å². The van der Waals surface area contributed by atoms with Crippen molar-refractivity contribution in [1.29, 1.82) is 0 Å². The Hall–Kier alpha value is -0.400. The van der Waals surface area contributed by atoms with Gasteiger partial charge in [0.05, 0.1) is 6.10 Å². The number of benzene rings is 1. The van der Waals surface area contributed by atoms with Crippen LogP contribution in [0.5, 0.6) is 0 Å². The molecule has 3 nitrogen and oxygen atoms in total. The van der Waals surface area contributed by atoms with Crippen LogP contribution in [0.25, 0.3) is 0 Å². The van der Waals surface area contributed by atoms with Gasteiger partial charge in [-0.3, -0.25) is 0 Å². The minimum absolute atomic E-state index is 0.312. The SMILES string of the molecule is S=C(NC[C@H]1CCCO1)Nc1ccc(I)cc1. The Balaban J connectivity index is 1.74. The topological polar surface area (TPSA) is 33.3 Å². The first kappa shape index (κ1) is 13.0. The fourth-order valence-electron chi connectivity index (χ4n) is 1.72. The van der Waals surface area contributed by atoms with Crippen LogP contribution < -0.4 is 10.6 Å². The molecule has 1 aliphatic heterocycles. The van der Waals surface area contributed by atoms with Gasteiger partial charge in [-0.05, 0) is 71.9 Å². The van der Waals surface area contributed by atoms with Crippen molar-refractivity contribution in [3.8, 4) is 0 Å². The van der Waals surface area contributed by atoms with Gasteiger partial charge in [-0.2, -0.15) is 0 Å². The quantitative estimate of drug-likeness (QED) is 0.640. The summed E-state index contributed by atoms with van der Waals surface area (Å²) in [6, 6.07) is 8.13. The molecule has 0 unspecified atom stereocenters.